The number of rotatable bonds is 3. The Kier molecular flexibility index (Phi) is 5.31. The molecule has 2 aromatic heterocycles. The van der Waals surface area contributed by atoms with E-state index in [9.17, 15) is 9.90 Å². The van der Waals surface area contributed by atoms with E-state index in [0.717, 1.165) is 11.5 Å². The molecular formula is C21H20ClN5O2. The Morgan fingerprint density at radius 3 is 2.52 bits per heavy atom. The van der Waals surface area contributed by atoms with Gasteiger partial charge in [0.2, 0.25) is 0 Å². The molecule has 1 saturated heterocycles. The van der Waals surface area contributed by atoms with Crippen LogP contribution in [0.15, 0.2) is 48.7 Å². The molecular weight excluding hydrogens is 390 g/mol. The first-order valence-electron chi connectivity index (χ1n) is 9.31. The second-order valence-corrected chi connectivity index (χ2v) is 7.29. The summed E-state index contributed by atoms with van der Waals surface area (Å²) in [6.07, 6.45) is 1.48. The van der Waals surface area contributed by atoms with E-state index in [2.05, 4.69) is 19.9 Å². The maximum Gasteiger partial charge on any atom is 0.272 e. The lowest BCUT2D eigenvalue weighted by molar-refractivity contribution is 0.0740. The van der Waals surface area contributed by atoms with Crippen LogP contribution in [0.3, 0.4) is 0 Å². The first kappa shape index (κ1) is 19.1. The average molecular weight is 410 g/mol. The zero-order valence-electron chi connectivity index (χ0n) is 15.9. The predicted molar refractivity (Wildman–Crippen MR) is 111 cm³/mol. The molecule has 0 radical (unpaired) electrons. The van der Waals surface area contributed by atoms with Crippen LogP contribution in [-0.2, 0) is 0 Å². The first-order chi connectivity index (χ1) is 14.0. The van der Waals surface area contributed by atoms with Gasteiger partial charge in [0, 0.05) is 44.1 Å². The van der Waals surface area contributed by atoms with Gasteiger partial charge in [-0.2, -0.15) is 0 Å². The summed E-state index contributed by atoms with van der Waals surface area (Å²) in [5, 5.41) is 10.6. The average Bonchev–Trinajstić information content (AvgIpc) is 2.74. The minimum absolute atomic E-state index is 0.102. The summed E-state index contributed by atoms with van der Waals surface area (Å²) in [5.74, 6) is 1.32. The molecule has 1 fully saturated rings. The number of piperazine rings is 1. The van der Waals surface area contributed by atoms with Crippen molar-refractivity contribution >= 4 is 23.3 Å². The normalized spacial score (nSPS) is 14.1. The maximum atomic E-state index is 12.6. The molecule has 0 bridgehead atoms. The molecule has 0 atom stereocenters. The van der Waals surface area contributed by atoms with E-state index in [0.29, 0.717) is 48.3 Å². The fourth-order valence-electron chi connectivity index (χ4n) is 3.30. The van der Waals surface area contributed by atoms with Gasteiger partial charge >= 0.3 is 0 Å². The number of aromatic hydroxyl groups is 1. The molecule has 0 aliphatic carbocycles. The highest BCUT2D eigenvalue weighted by Crippen LogP contribution is 2.28. The van der Waals surface area contributed by atoms with Crippen LogP contribution >= 0.6 is 11.6 Å². The lowest BCUT2D eigenvalue weighted by Gasteiger charge is -2.35. The summed E-state index contributed by atoms with van der Waals surface area (Å²) in [6.45, 7) is 4.34. The van der Waals surface area contributed by atoms with Crippen molar-refractivity contribution in [1.29, 1.82) is 0 Å². The van der Waals surface area contributed by atoms with Gasteiger partial charge in [-0.25, -0.2) is 15.0 Å². The van der Waals surface area contributed by atoms with Crippen LogP contribution in [0, 0.1) is 6.92 Å². The molecule has 3 aromatic rings. The minimum atomic E-state index is -0.102. The number of amides is 1. The van der Waals surface area contributed by atoms with Gasteiger partial charge in [0.15, 0.2) is 5.82 Å². The van der Waals surface area contributed by atoms with Crippen LogP contribution in [0.1, 0.15) is 16.2 Å². The van der Waals surface area contributed by atoms with Crippen molar-refractivity contribution in [1.82, 2.24) is 19.9 Å². The number of benzene rings is 1. The number of phenols is 1. The second kappa shape index (κ2) is 8.05. The summed E-state index contributed by atoms with van der Waals surface area (Å²) < 4.78 is 0. The Morgan fingerprint density at radius 1 is 1.07 bits per heavy atom. The van der Waals surface area contributed by atoms with Crippen LogP contribution in [0.4, 0.5) is 5.82 Å². The molecule has 8 heteroatoms. The number of carbonyl (C=O) groups is 1. The maximum absolute atomic E-state index is 12.6. The van der Waals surface area contributed by atoms with Crippen LogP contribution in [0.25, 0.3) is 11.4 Å². The molecule has 148 valence electrons. The third kappa shape index (κ3) is 4.14. The van der Waals surface area contributed by atoms with Gasteiger partial charge in [-0.3, -0.25) is 4.79 Å². The fraction of sp³-hybridized carbons (Fsp3) is 0.238. The second-order valence-electron chi connectivity index (χ2n) is 6.85. The number of nitrogens with zero attached hydrogens (tertiary/aromatic N) is 5. The van der Waals surface area contributed by atoms with E-state index >= 15 is 0 Å². The van der Waals surface area contributed by atoms with Crippen LogP contribution in [0.2, 0.25) is 5.02 Å². The number of hydrogen-bond acceptors (Lipinski definition) is 6. The number of aromatic nitrogens is 3. The number of halogens is 1. The number of pyridine rings is 1. The summed E-state index contributed by atoms with van der Waals surface area (Å²) in [6, 6.07) is 12.3. The number of carbonyl (C=O) groups excluding carboxylic acids is 1. The first-order valence-corrected chi connectivity index (χ1v) is 9.69. The highest BCUT2D eigenvalue weighted by atomic mass is 35.5. The largest absolute Gasteiger partial charge is 0.507 e. The van der Waals surface area contributed by atoms with Crippen molar-refractivity contribution in [2.24, 2.45) is 0 Å². The summed E-state index contributed by atoms with van der Waals surface area (Å²) >= 11 is 5.85. The van der Waals surface area contributed by atoms with E-state index in [1.807, 2.05) is 19.1 Å². The lowest BCUT2D eigenvalue weighted by atomic mass is 10.2. The van der Waals surface area contributed by atoms with Crippen LogP contribution < -0.4 is 4.90 Å². The van der Waals surface area contributed by atoms with Gasteiger partial charge in [-0.1, -0.05) is 23.7 Å². The monoisotopic (exact) mass is 409 g/mol. The molecule has 29 heavy (non-hydrogen) atoms. The molecule has 0 unspecified atom stereocenters. The lowest BCUT2D eigenvalue weighted by Crippen LogP contribution is -2.49. The van der Waals surface area contributed by atoms with Crippen molar-refractivity contribution in [3.8, 4) is 17.1 Å². The standard InChI is InChI=1S/C21H20ClN5O2/c1-14-12-19(25-20(24-14)16-4-2-3-5-18(16)28)26-8-10-27(11-9-26)21(29)17-7-6-15(22)13-23-17/h2-7,12-13,28H,8-11H2,1H3. The van der Waals surface area contributed by atoms with Crippen molar-refractivity contribution in [3.63, 3.8) is 0 Å². The summed E-state index contributed by atoms with van der Waals surface area (Å²) in [4.78, 5) is 29.8. The highest BCUT2D eigenvalue weighted by molar-refractivity contribution is 6.30. The van der Waals surface area contributed by atoms with E-state index in [4.69, 9.17) is 11.6 Å². The Balaban J connectivity index is 1.49. The molecule has 7 nitrogen and oxygen atoms in total. The van der Waals surface area contributed by atoms with Crippen molar-refractivity contribution in [2.45, 2.75) is 6.92 Å². The number of para-hydroxylation sites is 1. The predicted octanol–water partition coefficient (Wildman–Crippen LogP) is 3.17. The smallest absolute Gasteiger partial charge is 0.272 e. The molecule has 0 spiro atoms. The molecule has 4 rings (SSSR count). The van der Waals surface area contributed by atoms with Gasteiger partial charge in [-0.15, -0.1) is 0 Å². The van der Waals surface area contributed by atoms with Crippen LogP contribution in [-0.4, -0.2) is 57.0 Å². The zero-order chi connectivity index (χ0) is 20.4. The van der Waals surface area contributed by atoms with Gasteiger partial charge < -0.3 is 14.9 Å². The number of phenolic OH excluding ortho intramolecular Hbond substituents is 1. The molecule has 3 heterocycles. The molecule has 0 saturated carbocycles. The van der Waals surface area contributed by atoms with E-state index in [1.54, 1.807) is 35.2 Å². The number of anilines is 1. The minimum Gasteiger partial charge on any atom is -0.507 e. The Morgan fingerprint density at radius 2 is 1.83 bits per heavy atom. The Labute approximate surface area is 173 Å². The number of hydrogen-bond donors (Lipinski definition) is 1. The summed E-state index contributed by atoms with van der Waals surface area (Å²) in [7, 11) is 0. The van der Waals surface area contributed by atoms with E-state index in [-0.39, 0.29) is 11.7 Å². The molecule has 1 aliphatic heterocycles. The molecule has 1 N–H and O–H groups in total. The van der Waals surface area contributed by atoms with Gasteiger partial charge in [-0.05, 0) is 31.2 Å². The zero-order valence-corrected chi connectivity index (χ0v) is 16.7. The van der Waals surface area contributed by atoms with Gasteiger partial charge in [0.1, 0.15) is 17.3 Å². The van der Waals surface area contributed by atoms with E-state index < -0.39 is 0 Å². The van der Waals surface area contributed by atoms with Crippen molar-refractivity contribution in [2.75, 3.05) is 31.1 Å². The fourth-order valence-corrected chi connectivity index (χ4v) is 3.41. The van der Waals surface area contributed by atoms with Gasteiger partial charge in [0.05, 0.1) is 10.6 Å². The Bertz CT molecular complexity index is 1030. The molecule has 1 aromatic carbocycles. The summed E-state index contributed by atoms with van der Waals surface area (Å²) in [5.41, 5.74) is 1.81. The third-order valence-corrected chi connectivity index (χ3v) is 5.05. The molecule has 1 amide bonds. The SMILES string of the molecule is Cc1cc(N2CCN(C(=O)c3ccc(Cl)cn3)CC2)nc(-c2ccccc2O)n1. The van der Waals surface area contributed by atoms with Crippen LogP contribution in [0.5, 0.6) is 5.75 Å². The van der Waals surface area contributed by atoms with Crippen molar-refractivity contribution in [3.05, 3.63) is 65.1 Å². The number of aryl methyl sites for hydroxylation is 1. The third-order valence-electron chi connectivity index (χ3n) is 4.82. The highest BCUT2D eigenvalue weighted by Gasteiger charge is 2.24. The molecule has 1 aliphatic rings. The van der Waals surface area contributed by atoms with Gasteiger partial charge in [0.25, 0.3) is 5.91 Å². The van der Waals surface area contributed by atoms with Crippen molar-refractivity contribution < 1.29 is 9.90 Å². The van der Waals surface area contributed by atoms with E-state index in [1.165, 1.54) is 6.20 Å². The topological polar surface area (TPSA) is 82.5 Å². The Hall–Kier alpha value is -3.19. The quantitative estimate of drug-likeness (QED) is 0.715.